The lowest BCUT2D eigenvalue weighted by molar-refractivity contribution is 0.165. The van der Waals surface area contributed by atoms with E-state index >= 15 is 0 Å². The summed E-state index contributed by atoms with van der Waals surface area (Å²) in [7, 11) is -0.00206. The molecular formula is C22H30N2O4S. The molecular weight excluding hydrogens is 388 g/mol. The first kappa shape index (κ1) is 22.9. The van der Waals surface area contributed by atoms with Crippen molar-refractivity contribution >= 4 is 17.1 Å². The third kappa shape index (κ3) is 7.87. The van der Waals surface area contributed by atoms with Crippen molar-refractivity contribution in [2.45, 2.75) is 37.6 Å². The number of carbonyl (C=O) groups excluding carboxylic acids is 1. The first-order valence-electron chi connectivity index (χ1n) is 9.73. The zero-order chi connectivity index (χ0) is 21.2. The average Bonchev–Trinajstić information content (AvgIpc) is 2.71. The van der Waals surface area contributed by atoms with Crippen LogP contribution >= 0.6 is 0 Å². The fraction of sp³-hybridized carbons (Fsp3) is 0.409. The Morgan fingerprint density at radius 3 is 2.38 bits per heavy atom. The number of ether oxygens (including phenoxy) is 1. The fourth-order valence-electron chi connectivity index (χ4n) is 3.01. The molecule has 7 heteroatoms. The van der Waals surface area contributed by atoms with Crippen LogP contribution in [0.15, 0.2) is 59.5 Å². The van der Waals surface area contributed by atoms with Crippen molar-refractivity contribution in [2.75, 3.05) is 20.2 Å². The number of amides is 1. The SMILES string of the molecule is COC(=O)N[C@H](CCN(CC(C)C)S(=O)c1ccc(O)cc1)Cc1ccccc1. The second kappa shape index (κ2) is 11.6. The molecule has 0 radical (unpaired) electrons. The molecule has 1 amide bonds. The fourth-order valence-corrected chi connectivity index (χ4v) is 4.38. The molecule has 1 unspecified atom stereocenters. The number of nitrogens with one attached hydrogen (secondary N) is 1. The molecule has 0 fully saturated rings. The van der Waals surface area contributed by atoms with Gasteiger partial charge in [-0.1, -0.05) is 44.2 Å². The summed E-state index contributed by atoms with van der Waals surface area (Å²) in [4.78, 5) is 12.4. The van der Waals surface area contributed by atoms with Gasteiger partial charge in [0, 0.05) is 19.1 Å². The maximum atomic E-state index is 13.1. The third-order valence-corrected chi connectivity index (χ3v) is 5.88. The minimum atomic E-state index is -1.35. The Kier molecular flexibility index (Phi) is 9.15. The maximum absolute atomic E-state index is 13.1. The molecule has 6 nitrogen and oxygen atoms in total. The summed E-state index contributed by atoms with van der Waals surface area (Å²) in [6.45, 7) is 5.36. The van der Waals surface area contributed by atoms with Gasteiger partial charge in [0.1, 0.15) is 16.7 Å². The number of hydrogen-bond acceptors (Lipinski definition) is 4. The predicted octanol–water partition coefficient (Wildman–Crippen LogP) is 3.73. The van der Waals surface area contributed by atoms with Gasteiger partial charge in [-0.25, -0.2) is 13.3 Å². The average molecular weight is 419 g/mol. The zero-order valence-corrected chi connectivity index (χ0v) is 18.0. The summed E-state index contributed by atoms with van der Waals surface area (Å²) >= 11 is 0. The van der Waals surface area contributed by atoms with Gasteiger partial charge in [0.2, 0.25) is 0 Å². The summed E-state index contributed by atoms with van der Waals surface area (Å²) in [5.74, 6) is 0.476. The maximum Gasteiger partial charge on any atom is 0.407 e. The van der Waals surface area contributed by atoms with Crippen LogP contribution in [0.1, 0.15) is 25.8 Å². The van der Waals surface area contributed by atoms with E-state index in [4.69, 9.17) is 4.74 Å². The second-order valence-electron chi connectivity index (χ2n) is 7.34. The smallest absolute Gasteiger partial charge is 0.407 e. The number of phenolic OH excluding ortho intramolecular Hbond substituents is 1. The lowest BCUT2D eigenvalue weighted by Gasteiger charge is -2.26. The Hall–Kier alpha value is -2.38. The van der Waals surface area contributed by atoms with Gasteiger partial charge in [0.15, 0.2) is 0 Å². The van der Waals surface area contributed by atoms with Crippen molar-refractivity contribution in [1.29, 1.82) is 0 Å². The van der Waals surface area contributed by atoms with E-state index in [0.717, 1.165) is 5.56 Å². The van der Waals surface area contributed by atoms with Crippen LogP contribution < -0.4 is 5.32 Å². The molecule has 0 bridgehead atoms. The van der Waals surface area contributed by atoms with Crippen LogP contribution in [0.4, 0.5) is 4.79 Å². The van der Waals surface area contributed by atoms with Crippen molar-refractivity contribution in [2.24, 2.45) is 5.92 Å². The number of hydrogen-bond donors (Lipinski definition) is 2. The van der Waals surface area contributed by atoms with E-state index < -0.39 is 17.1 Å². The summed E-state index contributed by atoms with van der Waals surface area (Å²) < 4.78 is 19.8. The number of rotatable bonds is 10. The zero-order valence-electron chi connectivity index (χ0n) is 17.2. The molecule has 0 saturated heterocycles. The number of benzene rings is 2. The monoisotopic (exact) mass is 418 g/mol. The lowest BCUT2D eigenvalue weighted by atomic mass is 10.0. The van der Waals surface area contributed by atoms with Gasteiger partial charge < -0.3 is 15.2 Å². The van der Waals surface area contributed by atoms with Crippen molar-refractivity contribution in [3.05, 3.63) is 60.2 Å². The number of phenols is 1. The van der Waals surface area contributed by atoms with Gasteiger partial charge >= 0.3 is 6.09 Å². The van der Waals surface area contributed by atoms with Gasteiger partial charge in [0.05, 0.1) is 12.0 Å². The van der Waals surface area contributed by atoms with Crippen LogP contribution in [0.25, 0.3) is 0 Å². The largest absolute Gasteiger partial charge is 0.508 e. The highest BCUT2D eigenvalue weighted by Gasteiger charge is 2.20. The van der Waals surface area contributed by atoms with Crippen LogP contribution in [0.3, 0.4) is 0 Å². The molecule has 0 aromatic heterocycles. The molecule has 0 aliphatic heterocycles. The molecule has 2 N–H and O–H groups in total. The van der Waals surface area contributed by atoms with E-state index in [1.807, 2.05) is 34.6 Å². The first-order chi connectivity index (χ1) is 13.9. The summed E-state index contributed by atoms with van der Waals surface area (Å²) in [5, 5.41) is 12.4. The van der Waals surface area contributed by atoms with E-state index in [0.29, 0.717) is 36.7 Å². The second-order valence-corrected chi connectivity index (χ2v) is 8.82. The van der Waals surface area contributed by atoms with Gasteiger partial charge in [-0.05, 0) is 48.6 Å². The van der Waals surface area contributed by atoms with Crippen molar-refractivity contribution in [3.63, 3.8) is 0 Å². The first-order valence-corrected chi connectivity index (χ1v) is 10.8. The highest BCUT2D eigenvalue weighted by atomic mass is 32.2. The van der Waals surface area contributed by atoms with Crippen LogP contribution in [0.2, 0.25) is 0 Å². The number of alkyl carbamates (subject to hydrolysis) is 1. The minimum absolute atomic E-state index is 0.142. The summed E-state index contributed by atoms with van der Waals surface area (Å²) in [6.07, 6.45) is 0.818. The van der Waals surface area contributed by atoms with Crippen LogP contribution in [-0.2, 0) is 22.1 Å². The molecule has 0 aliphatic rings. The standard InChI is InChI=1S/C22H30N2O4S/c1-17(2)16-24(29(27)21-11-9-20(25)10-12-21)14-13-19(23-22(26)28-3)15-18-7-5-4-6-8-18/h4-12,17,19,25H,13-16H2,1-3H3,(H,23,26)/t19-,29?/m1/s1. The van der Waals surface area contributed by atoms with Gasteiger partial charge in [-0.2, -0.15) is 0 Å². The van der Waals surface area contributed by atoms with Crippen molar-refractivity contribution < 1.29 is 18.8 Å². The van der Waals surface area contributed by atoms with E-state index in [1.165, 1.54) is 19.2 Å². The highest BCUT2D eigenvalue weighted by molar-refractivity contribution is 7.82. The normalized spacial score (nSPS) is 13.3. The van der Waals surface area contributed by atoms with E-state index in [-0.39, 0.29) is 11.8 Å². The van der Waals surface area contributed by atoms with E-state index in [9.17, 15) is 14.1 Å². The molecule has 0 spiro atoms. The quantitative estimate of drug-likeness (QED) is 0.616. The number of aromatic hydroxyl groups is 1. The molecule has 2 aromatic rings. The summed E-state index contributed by atoms with van der Waals surface area (Å²) in [6, 6.07) is 16.2. The van der Waals surface area contributed by atoms with Crippen LogP contribution in [-0.4, -0.2) is 46.0 Å². The van der Waals surface area contributed by atoms with Crippen LogP contribution in [0.5, 0.6) is 5.75 Å². The molecule has 0 heterocycles. The van der Waals surface area contributed by atoms with Gasteiger partial charge in [0.25, 0.3) is 0 Å². The topological polar surface area (TPSA) is 78.9 Å². The highest BCUT2D eigenvalue weighted by Crippen LogP contribution is 2.18. The summed E-state index contributed by atoms with van der Waals surface area (Å²) in [5.41, 5.74) is 1.11. The molecule has 158 valence electrons. The number of nitrogens with zero attached hydrogens (tertiary/aromatic N) is 1. The Balaban J connectivity index is 2.10. The third-order valence-electron chi connectivity index (χ3n) is 4.40. The van der Waals surface area contributed by atoms with Crippen molar-refractivity contribution in [3.8, 4) is 5.75 Å². The Labute approximate surface area is 175 Å². The molecule has 0 aliphatic carbocycles. The van der Waals surface area contributed by atoms with Gasteiger partial charge in [-0.3, -0.25) is 0 Å². The number of methoxy groups -OCH3 is 1. The van der Waals surface area contributed by atoms with E-state index in [2.05, 4.69) is 19.2 Å². The Bertz CT molecular complexity index is 781. The molecule has 0 saturated carbocycles. The Morgan fingerprint density at radius 1 is 1.14 bits per heavy atom. The van der Waals surface area contributed by atoms with Crippen LogP contribution in [0, 0.1) is 5.92 Å². The van der Waals surface area contributed by atoms with E-state index in [1.54, 1.807) is 12.1 Å². The molecule has 2 atom stereocenters. The molecule has 2 aromatic carbocycles. The lowest BCUT2D eigenvalue weighted by Crippen LogP contribution is -2.40. The van der Waals surface area contributed by atoms with Crippen molar-refractivity contribution in [1.82, 2.24) is 9.62 Å². The molecule has 29 heavy (non-hydrogen) atoms. The Morgan fingerprint density at radius 2 is 1.79 bits per heavy atom. The number of carbonyl (C=O) groups is 1. The van der Waals surface area contributed by atoms with Gasteiger partial charge in [-0.15, -0.1) is 0 Å². The minimum Gasteiger partial charge on any atom is -0.508 e. The molecule has 2 rings (SSSR count). The predicted molar refractivity (Wildman–Crippen MR) is 115 cm³/mol.